The molecule has 0 aromatic carbocycles. The maximum atomic E-state index is 5.64. The van der Waals surface area contributed by atoms with Gasteiger partial charge in [0.25, 0.3) is 6.02 Å². The van der Waals surface area contributed by atoms with Gasteiger partial charge in [-0.05, 0) is 25.2 Å². The average molecular weight is 196 g/mol. The van der Waals surface area contributed by atoms with Crippen LogP contribution in [0.25, 0.3) is 0 Å². The van der Waals surface area contributed by atoms with Crippen LogP contribution in [0, 0.1) is 5.92 Å². The Bertz CT molecular complexity index is 233. The van der Waals surface area contributed by atoms with Gasteiger partial charge in [-0.15, -0.1) is 0 Å². The molecule has 3 nitrogen and oxygen atoms in total. The van der Waals surface area contributed by atoms with E-state index in [0.717, 1.165) is 19.4 Å². The summed E-state index contributed by atoms with van der Waals surface area (Å²) in [6, 6.07) is 0.408. The highest BCUT2D eigenvalue weighted by Crippen LogP contribution is 2.41. The molecular weight excluding hydrogens is 176 g/mol. The minimum Gasteiger partial charge on any atom is -0.463 e. The summed E-state index contributed by atoms with van der Waals surface area (Å²) in [5.41, 5.74) is 5.67. The van der Waals surface area contributed by atoms with Crippen molar-refractivity contribution in [3.05, 3.63) is 0 Å². The van der Waals surface area contributed by atoms with E-state index in [1.54, 1.807) is 0 Å². The lowest BCUT2D eigenvalue weighted by molar-refractivity contribution is 0.179. The summed E-state index contributed by atoms with van der Waals surface area (Å²) in [7, 11) is 0. The minimum atomic E-state index is 0.0370. The van der Waals surface area contributed by atoms with Crippen LogP contribution >= 0.6 is 0 Å². The maximum absolute atomic E-state index is 5.64. The van der Waals surface area contributed by atoms with Crippen molar-refractivity contribution in [2.45, 2.75) is 51.0 Å². The third-order valence-corrected chi connectivity index (χ3v) is 3.60. The average Bonchev–Trinajstić information content (AvgIpc) is 2.75. The monoisotopic (exact) mass is 196 g/mol. The van der Waals surface area contributed by atoms with E-state index in [2.05, 4.69) is 11.9 Å². The summed E-state index contributed by atoms with van der Waals surface area (Å²) in [6.45, 7) is 2.93. The molecule has 3 heteroatoms. The number of nitrogens with two attached hydrogens (primary N) is 1. The lowest BCUT2D eigenvalue weighted by Gasteiger charge is -2.30. The Labute approximate surface area is 85.7 Å². The van der Waals surface area contributed by atoms with Gasteiger partial charge in [-0.2, -0.15) is 0 Å². The van der Waals surface area contributed by atoms with Gasteiger partial charge >= 0.3 is 0 Å². The van der Waals surface area contributed by atoms with E-state index in [1.807, 2.05) is 0 Å². The largest absolute Gasteiger partial charge is 0.463 e. The molecular formula is C11H20N2O. The summed E-state index contributed by atoms with van der Waals surface area (Å²) in [6.07, 6.45) is 7.60. The van der Waals surface area contributed by atoms with Crippen molar-refractivity contribution in [1.82, 2.24) is 0 Å². The van der Waals surface area contributed by atoms with Crippen molar-refractivity contribution >= 4 is 6.02 Å². The fourth-order valence-electron chi connectivity index (χ4n) is 2.92. The molecule has 2 N–H and O–H groups in total. The number of hydrogen-bond donors (Lipinski definition) is 1. The number of ether oxygens (including phenoxy) is 1. The van der Waals surface area contributed by atoms with Gasteiger partial charge in [0, 0.05) is 0 Å². The zero-order chi connectivity index (χ0) is 10.0. The Kier molecular flexibility index (Phi) is 2.66. The molecule has 14 heavy (non-hydrogen) atoms. The number of rotatable bonds is 3. The molecule has 1 atom stereocenters. The molecule has 1 unspecified atom stereocenters. The molecule has 1 fully saturated rings. The first-order valence-corrected chi connectivity index (χ1v) is 5.75. The van der Waals surface area contributed by atoms with E-state index in [0.29, 0.717) is 11.9 Å². The van der Waals surface area contributed by atoms with Crippen LogP contribution in [0.4, 0.5) is 0 Å². The van der Waals surface area contributed by atoms with E-state index in [1.165, 1.54) is 25.7 Å². The molecule has 1 aliphatic carbocycles. The molecule has 0 bridgehead atoms. The zero-order valence-electron chi connectivity index (χ0n) is 8.96. The van der Waals surface area contributed by atoms with Gasteiger partial charge < -0.3 is 10.5 Å². The molecule has 2 aliphatic rings. The molecule has 1 saturated carbocycles. The highest BCUT2D eigenvalue weighted by molar-refractivity contribution is 5.73. The van der Waals surface area contributed by atoms with Gasteiger partial charge in [-0.3, -0.25) is 0 Å². The van der Waals surface area contributed by atoms with Crippen molar-refractivity contribution in [2.75, 3.05) is 6.61 Å². The number of aliphatic imine (C=N–C) groups is 1. The number of nitrogens with zero attached hydrogens (tertiary/aromatic N) is 1. The molecule has 0 saturated heterocycles. The molecule has 0 radical (unpaired) electrons. The third kappa shape index (κ3) is 1.60. The summed E-state index contributed by atoms with van der Waals surface area (Å²) < 4.78 is 5.36. The molecule has 0 aromatic heterocycles. The second-order valence-electron chi connectivity index (χ2n) is 4.57. The first-order chi connectivity index (χ1) is 6.77. The summed E-state index contributed by atoms with van der Waals surface area (Å²) in [5.74, 6) is 0.712. The van der Waals surface area contributed by atoms with Crippen LogP contribution in [0.5, 0.6) is 0 Å². The van der Waals surface area contributed by atoms with Crippen LogP contribution in [0.1, 0.15) is 45.4 Å². The predicted molar refractivity (Wildman–Crippen MR) is 57.2 cm³/mol. The van der Waals surface area contributed by atoms with Gasteiger partial charge in [-0.25, -0.2) is 4.99 Å². The first-order valence-electron chi connectivity index (χ1n) is 5.75. The normalized spacial score (nSPS) is 33.1. The Morgan fingerprint density at radius 3 is 2.71 bits per heavy atom. The number of hydrogen-bond acceptors (Lipinski definition) is 3. The SMILES string of the molecule is CCCC1(C2CCCC2)COC(N)=N1. The Hall–Kier alpha value is -0.730. The van der Waals surface area contributed by atoms with Crippen LogP contribution < -0.4 is 5.73 Å². The van der Waals surface area contributed by atoms with Crippen LogP contribution in [0.3, 0.4) is 0 Å². The molecule has 0 aromatic rings. The van der Waals surface area contributed by atoms with Crippen molar-refractivity contribution in [3.63, 3.8) is 0 Å². The van der Waals surface area contributed by atoms with Crippen molar-refractivity contribution < 1.29 is 4.74 Å². The van der Waals surface area contributed by atoms with Crippen molar-refractivity contribution in [1.29, 1.82) is 0 Å². The van der Waals surface area contributed by atoms with Crippen LogP contribution in [0.2, 0.25) is 0 Å². The highest BCUT2D eigenvalue weighted by atomic mass is 16.5. The van der Waals surface area contributed by atoms with E-state index >= 15 is 0 Å². The van der Waals surface area contributed by atoms with E-state index in [-0.39, 0.29) is 5.54 Å². The van der Waals surface area contributed by atoms with Gasteiger partial charge in [0.1, 0.15) is 12.1 Å². The quantitative estimate of drug-likeness (QED) is 0.751. The molecule has 80 valence electrons. The highest BCUT2D eigenvalue weighted by Gasteiger charge is 2.43. The molecule has 1 heterocycles. The molecule has 1 aliphatic heterocycles. The summed E-state index contributed by atoms with van der Waals surface area (Å²) >= 11 is 0. The van der Waals surface area contributed by atoms with E-state index in [4.69, 9.17) is 10.5 Å². The van der Waals surface area contributed by atoms with Gasteiger partial charge in [0.2, 0.25) is 0 Å². The smallest absolute Gasteiger partial charge is 0.282 e. The second kappa shape index (κ2) is 3.79. The Balaban J connectivity index is 2.13. The summed E-state index contributed by atoms with van der Waals surface area (Å²) in [5, 5.41) is 0. The predicted octanol–water partition coefficient (Wildman–Crippen LogP) is 2.06. The first kappa shape index (κ1) is 9.81. The fraction of sp³-hybridized carbons (Fsp3) is 0.909. The molecule has 0 spiro atoms. The Morgan fingerprint density at radius 1 is 1.50 bits per heavy atom. The fourth-order valence-corrected chi connectivity index (χ4v) is 2.92. The van der Waals surface area contributed by atoms with Gasteiger partial charge in [0.15, 0.2) is 0 Å². The van der Waals surface area contributed by atoms with Gasteiger partial charge in [-0.1, -0.05) is 26.2 Å². The Morgan fingerprint density at radius 2 is 2.21 bits per heavy atom. The topological polar surface area (TPSA) is 47.6 Å². The molecule has 2 rings (SSSR count). The van der Waals surface area contributed by atoms with E-state index < -0.39 is 0 Å². The van der Waals surface area contributed by atoms with Crippen LogP contribution in [0.15, 0.2) is 4.99 Å². The van der Waals surface area contributed by atoms with E-state index in [9.17, 15) is 0 Å². The van der Waals surface area contributed by atoms with Crippen molar-refractivity contribution in [3.8, 4) is 0 Å². The zero-order valence-corrected chi connectivity index (χ0v) is 8.96. The summed E-state index contributed by atoms with van der Waals surface area (Å²) in [4.78, 5) is 4.56. The molecule has 0 amide bonds. The maximum Gasteiger partial charge on any atom is 0.282 e. The number of amidine groups is 1. The second-order valence-corrected chi connectivity index (χ2v) is 4.57. The standard InChI is InChI=1S/C11H20N2O/c1-2-7-11(8-14-10(12)13-11)9-5-3-4-6-9/h9H,2-8H2,1H3,(H2,12,13). The van der Waals surface area contributed by atoms with Gasteiger partial charge in [0.05, 0.1) is 0 Å². The van der Waals surface area contributed by atoms with Crippen molar-refractivity contribution in [2.24, 2.45) is 16.6 Å². The van der Waals surface area contributed by atoms with Crippen LogP contribution in [-0.4, -0.2) is 18.2 Å². The lowest BCUT2D eigenvalue weighted by atomic mass is 9.80. The minimum absolute atomic E-state index is 0.0370. The third-order valence-electron chi connectivity index (χ3n) is 3.60. The lowest BCUT2D eigenvalue weighted by Crippen LogP contribution is -2.36. The van der Waals surface area contributed by atoms with Crippen LogP contribution in [-0.2, 0) is 4.74 Å².